The van der Waals surface area contributed by atoms with Crippen molar-refractivity contribution in [1.82, 2.24) is 60.8 Å². The molecule has 1 saturated carbocycles. The molecule has 1 aliphatic carbocycles. The van der Waals surface area contributed by atoms with E-state index in [1.807, 2.05) is 194 Å². The number of amides is 8. The van der Waals surface area contributed by atoms with Crippen LogP contribution in [0.1, 0.15) is 246 Å². The molecule has 8 N–H and O–H groups in total. The van der Waals surface area contributed by atoms with E-state index >= 15 is 0 Å². The van der Waals surface area contributed by atoms with Gasteiger partial charge < -0.3 is 61.3 Å². The average molecular weight is 2140 g/mol. The zero-order valence-corrected chi connectivity index (χ0v) is 92.4. The largest absolute Gasteiger partial charge is 0.391 e. The van der Waals surface area contributed by atoms with Crippen LogP contribution in [0.15, 0.2) is 137 Å². The molecular weight excluding hydrogens is 1990 g/mol. The molecule has 14 rings (SSSR count). The monoisotopic (exact) mass is 2140 g/mol. The van der Waals surface area contributed by atoms with Crippen molar-refractivity contribution in [3.05, 3.63) is 187 Å². The molecule has 5 aromatic heterocycles. The van der Waals surface area contributed by atoms with Crippen molar-refractivity contribution >= 4 is 149 Å². The summed E-state index contributed by atoms with van der Waals surface area (Å²) in [5, 5.41) is 56.1. The van der Waals surface area contributed by atoms with Gasteiger partial charge in [0.05, 0.1) is 113 Å². The smallest absolute Gasteiger partial charge is 0.251 e. The van der Waals surface area contributed by atoms with Gasteiger partial charge in [0.15, 0.2) is 23.1 Å². The van der Waals surface area contributed by atoms with Crippen LogP contribution in [0.3, 0.4) is 0 Å². The van der Waals surface area contributed by atoms with Crippen LogP contribution in [-0.4, -0.2) is 235 Å². The zero-order chi connectivity index (χ0) is 106. The zero-order valence-electron chi connectivity index (χ0n) is 86.6. The van der Waals surface area contributed by atoms with Crippen LogP contribution < -0.4 is 21.3 Å². The Morgan fingerprint density at radius 3 is 0.898 bits per heavy atom. The Balaban J connectivity index is 0.000000211. The van der Waals surface area contributed by atoms with Gasteiger partial charge in [0, 0.05) is 120 Å². The molecular formula is C112H146N12O16S7. The normalized spacial score (nSPS) is 19.2. The number of aliphatic hydroxyl groups excluding tert-OH is 4. The number of carbonyl (C=O) groups excluding carboxylic acids is 12. The highest BCUT2D eigenvalue weighted by Gasteiger charge is 2.47. The third kappa shape index (κ3) is 34.0. The molecule has 35 heteroatoms. The number of benzene rings is 4. The number of rotatable bonds is 47. The highest BCUT2D eigenvalue weighted by atomic mass is 33.1. The summed E-state index contributed by atoms with van der Waals surface area (Å²) in [6.45, 7) is 24.3. The van der Waals surface area contributed by atoms with Gasteiger partial charge in [0.2, 0.25) is 41.4 Å². The highest BCUT2D eigenvalue weighted by molar-refractivity contribution is 8.76. The molecule has 0 radical (unpaired) electrons. The molecule has 5 aliphatic rings. The van der Waals surface area contributed by atoms with Crippen LogP contribution >= 0.6 is 78.3 Å². The molecule has 0 spiro atoms. The minimum absolute atomic E-state index is 0.0317. The average Bonchev–Trinajstić information content (AvgIpc) is 1.69. The van der Waals surface area contributed by atoms with Gasteiger partial charge in [-0.25, -0.2) is 19.9 Å². The van der Waals surface area contributed by atoms with E-state index < -0.39 is 84.6 Å². The summed E-state index contributed by atoms with van der Waals surface area (Å²) in [5.41, 5.74) is 19.6. The molecule has 12 atom stereocenters. The third-order valence-corrected chi connectivity index (χ3v) is 35.2. The molecule has 0 bridgehead atoms. The van der Waals surface area contributed by atoms with E-state index in [2.05, 4.69) is 67.2 Å². The fraction of sp³-hybridized carbons (Fsp3) is 0.536. The Kier molecular flexibility index (Phi) is 44.7. The number of aromatic nitrogens is 4. The fourth-order valence-electron chi connectivity index (χ4n) is 19.4. The quantitative estimate of drug-likeness (QED) is 0.0130. The lowest BCUT2D eigenvalue weighted by Gasteiger charge is -2.34. The lowest BCUT2D eigenvalue weighted by Crippen LogP contribution is -2.55. The minimum Gasteiger partial charge on any atom is -0.391 e. The topological polar surface area (TPSA) is 398 Å². The number of thiophene rings is 1. The number of likely N-dealkylation sites (tertiary alicyclic amines) is 4. The predicted molar refractivity (Wildman–Crippen MR) is 586 cm³/mol. The maximum Gasteiger partial charge on any atom is 0.251 e. The number of nitrogens with zero attached hydrogens (tertiary/aromatic N) is 8. The minimum atomic E-state index is -1.04. The molecule has 0 unspecified atom stereocenters. The number of nitrogens with one attached hydrogen (secondary N) is 4. The summed E-state index contributed by atoms with van der Waals surface area (Å²) in [7, 11) is 2.49. The number of ketones is 4. The Morgan fingerprint density at radius 2 is 0.626 bits per heavy atom. The van der Waals surface area contributed by atoms with Crippen molar-refractivity contribution in [2.75, 3.05) is 37.7 Å². The second-order valence-electron chi connectivity index (χ2n) is 41.3. The molecule has 147 heavy (non-hydrogen) atoms. The van der Waals surface area contributed by atoms with Crippen molar-refractivity contribution in [2.24, 2.45) is 29.6 Å². The molecule has 28 nitrogen and oxygen atoms in total. The number of hydrogen-bond donors (Lipinski definition) is 8. The Hall–Kier alpha value is -9.92. The van der Waals surface area contributed by atoms with Crippen molar-refractivity contribution < 1.29 is 78.0 Å². The van der Waals surface area contributed by atoms with Gasteiger partial charge in [-0.3, -0.25) is 57.5 Å². The van der Waals surface area contributed by atoms with Crippen LogP contribution in [0.25, 0.3) is 41.8 Å². The van der Waals surface area contributed by atoms with Crippen LogP contribution in [-0.2, 0) is 83.2 Å². The van der Waals surface area contributed by atoms with E-state index in [1.165, 1.54) is 47.6 Å². The van der Waals surface area contributed by atoms with E-state index in [4.69, 9.17) is 0 Å². The van der Waals surface area contributed by atoms with E-state index in [9.17, 15) is 78.0 Å². The van der Waals surface area contributed by atoms with Crippen LogP contribution in [0.2, 0.25) is 0 Å². The number of carbonyl (C=O) groups is 12. The van der Waals surface area contributed by atoms with E-state index in [0.717, 1.165) is 137 Å². The number of hydrogen-bond acceptors (Lipinski definition) is 27. The van der Waals surface area contributed by atoms with E-state index in [1.54, 1.807) is 50.2 Å². The van der Waals surface area contributed by atoms with Crippen LogP contribution in [0, 0.1) is 57.3 Å². The van der Waals surface area contributed by atoms with Gasteiger partial charge in [-0.15, -0.1) is 56.7 Å². The summed E-state index contributed by atoms with van der Waals surface area (Å²) in [6, 6.07) is 29.3. The summed E-state index contributed by atoms with van der Waals surface area (Å²) in [4.78, 5) is 191. The second-order valence-corrected chi connectivity index (χ2v) is 48.3. The maximum absolute atomic E-state index is 14.4. The third-order valence-electron chi connectivity index (χ3n) is 27.9. The Morgan fingerprint density at radius 1 is 0.347 bits per heavy atom. The van der Waals surface area contributed by atoms with Crippen molar-refractivity contribution in [3.63, 3.8) is 0 Å². The van der Waals surface area contributed by atoms with Gasteiger partial charge in [-0.1, -0.05) is 199 Å². The summed E-state index contributed by atoms with van der Waals surface area (Å²) in [5.74, 6) is -1.36. The second kappa shape index (κ2) is 56.8. The fourth-order valence-corrected chi connectivity index (χ4v) is 25.7. The first kappa shape index (κ1) is 116. The van der Waals surface area contributed by atoms with Gasteiger partial charge in [-0.05, 0) is 177 Å². The van der Waals surface area contributed by atoms with Crippen molar-refractivity contribution in [1.29, 1.82) is 0 Å². The Bertz CT molecular complexity index is 5670. The lowest BCUT2D eigenvalue weighted by atomic mass is 9.83. The first-order valence-electron chi connectivity index (χ1n) is 51.9. The van der Waals surface area contributed by atoms with Crippen molar-refractivity contribution in [2.45, 2.75) is 316 Å². The summed E-state index contributed by atoms with van der Waals surface area (Å²) >= 11 is 7.75. The molecule has 4 saturated heterocycles. The summed E-state index contributed by atoms with van der Waals surface area (Å²) in [6.07, 6.45) is 9.16. The first-order valence-corrected chi connectivity index (χ1v) is 58.8. The number of thiazole rings is 4. The Labute approximate surface area is 892 Å². The molecule has 4 aliphatic heterocycles. The number of β-amino-alcohol motifs (C(OH)–C–C–N with tert-alkyl or cyclic N) is 4. The molecule has 9 aromatic rings. The van der Waals surface area contributed by atoms with Gasteiger partial charge in [-0.2, -0.15) is 0 Å². The number of aliphatic hydroxyl groups is 4. The maximum atomic E-state index is 14.4. The molecule has 5 fully saturated rings. The van der Waals surface area contributed by atoms with Crippen LogP contribution in [0.4, 0.5) is 0 Å². The molecule has 4 aromatic carbocycles. The van der Waals surface area contributed by atoms with Gasteiger partial charge in [0.25, 0.3) is 5.91 Å². The SMILES string of the molecule is Cc1ncsc1-c1ccc(CCC(=O)[C@@H]2C[C@@H](O)CN2C(=O)[C@@H](NC(=O)CCC(C)C)C2CCCCC2)cc1.Cc1ncsc1-c1ccc(CCC(=O)[C@@H]2C[C@@H](O)CN2C(=O)[C@@H](NC(=O)CCC(C)C)c2cccs2)cc1.Cc1ncsc1-c1ccc(CCC(=O)[C@H]2C[C@H](O)CN2C(=O)[C@@H](CSSC[C@H](NC(=O)CCC(C)C)C(=O)N2C[C@H](O)C[C@H]2C(=O)CCc2ccc(-c3scnc3C)cc2)NC(=O)CCC(C)C)cc1. The number of Topliss-reactive ketones (excluding diaryl/α,β-unsaturated/α-hetero) is 4. The molecule has 9 heterocycles. The van der Waals surface area contributed by atoms with Crippen molar-refractivity contribution in [3.8, 4) is 41.8 Å². The number of aryl methyl sites for hydroxylation is 8. The van der Waals surface area contributed by atoms with E-state index in [-0.39, 0.29) is 172 Å². The van der Waals surface area contributed by atoms with Gasteiger partial charge in [0.1, 0.15) is 24.2 Å². The molecule has 8 amide bonds. The van der Waals surface area contributed by atoms with Gasteiger partial charge >= 0.3 is 0 Å². The van der Waals surface area contributed by atoms with E-state index in [0.29, 0.717) is 69.6 Å². The first-order chi connectivity index (χ1) is 70.4. The standard InChI is InChI=1S/C52H68N6O8S4.C31H43N3O4S.C29H35N3O4S2/c1-31(2)7-21-47(63)55-41(51(65)57-25-39(59)23-43(57)45(61)19-13-35-9-15-37(16-10-35)49-33(5)53-29-67-49)27-69-70-28-42(56-48(64)22-8-32(3)4)52(66)58-26-40(60)24-44(58)46(62)20-14-36-11-17-38(18-12-36)50-34(6)54-30-68-50;1-20(2)9-16-28(37)33-29(23-7-5-4-6-8-23)31(38)34-18-25(35)17-26(34)27(36)15-12-22-10-13-24(14-11-22)30-21(3)32-19-39-30;1-18(2)6-13-26(35)31-27(25-5-4-14-37-25)29(36)32-16-22(33)15-23(32)24(34)12-9-20-7-10-21(11-8-20)28-19(3)30-17-38-28/h9-12,15-18,29-32,39-44,59-60H,7-8,13-14,19-28H2,1-6H3,(H,55,63)(H,56,64);10-11,13-14,19-20,23,25-26,29,35H,4-9,12,15-18H2,1-3H3,(H,33,37);4-5,7-8,10-11,14,17-18,22-23,27,33H,6,9,12-13,15-16H2,1-3H3,(H,31,35)/t39-,40+,41+,42-,43+,44-;25-,26+,29+;22-,23+,27+/m.11/s1. The van der Waals surface area contributed by atoms with Crippen LogP contribution in [0.5, 0.6) is 0 Å². The summed E-state index contributed by atoms with van der Waals surface area (Å²) < 4.78 is 0. The highest BCUT2D eigenvalue weighted by Crippen LogP contribution is 2.38. The predicted octanol–water partition coefficient (Wildman–Crippen LogP) is 17.4. The molecule has 792 valence electrons. The lowest BCUT2D eigenvalue weighted by molar-refractivity contribution is -0.142.